The number of amides is 4. The van der Waals surface area contributed by atoms with Crippen LogP contribution in [-0.2, 0) is 9.59 Å². The number of phenols is 1. The minimum absolute atomic E-state index is 0.0166. The maximum atomic E-state index is 12.9. The molecular formula is C20H17ClN2O5. The first-order chi connectivity index (χ1) is 13.4. The number of ether oxygens (including phenoxy) is 1. The van der Waals surface area contributed by atoms with E-state index in [2.05, 4.69) is 5.32 Å². The highest BCUT2D eigenvalue weighted by Gasteiger charge is 2.37. The molecule has 0 aliphatic carbocycles. The summed E-state index contributed by atoms with van der Waals surface area (Å²) in [6.07, 6.45) is 2.12. The van der Waals surface area contributed by atoms with Crippen molar-refractivity contribution in [1.29, 1.82) is 0 Å². The standard InChI is InChI=1S/C20H17ClN2O5/c1-2-9-28-17-8-3-13(21)10-12(17)11-16-18(25)22-20(27)23(19(16)26)14-4-6-15(24)7-5-14/h3-8,10-11,24H,2,9H2,1H3,(H,22,25,27)/b16-11+. The topological polar surface area (TPSA) is 95.9 Å². The molecule has 1 heterocycles. The van der Waals surface area contributed by atoms with Crippen molar-refractivity contribution >= 4 is 41.2 Å². The smallest absolute Gasteiger partial charge is 0.335 e. The van der Waals surface area contributed by atoms with Gasteiger partial charge in [0.1, 0.15) is 17.1 Å². The molecule has 8 heteroatoms. The molecule has 144 valence electrons. The van der Waals surface area contributed by atoms with Gasteiger partial charge in [-0.2, -0.15) is 0 Å². The van der Waals surface area contributed by atoms with E-state index >= 15 is 0 Å². The fourth-order valence-electron chi connectivity index (χ4n) is 2.62. The molecule has 0 spiro atoms. The van der Waals surface area contributed by atoms with Crippen molar-refractivity contribution in [3.05, 3.63) is 58.6 Å². The number of benzene rings is 2. The van der Waals surface area contributed by atoms with Crippen molar-refractivity contribution in [2.75, 3.05) is 11.5 Å². The number of nitrogens with zero attached hydrogens (tertiary/aromatic N) is 1. The number of carbonyl (C=O) groups excluding carboxylic acids is 3. The number of imide groups is 2. The lowest BCUT2D eigenvalue weighted by molar-refractivity contribution is -0.122. The molecule has 2 aromatic carbocycles. The van der Waals surface area contributed by atoms with Crippen LogP contribution in [0.5, 0.6) is 11.5 Å². The van der Waals surface area contributed by atoms with E-state index in [4.69, 9.17) is 16.3 Å². The molecule has 2 N–H and O–H groups in total. The largest absolute Gasteiger partial charge is 0.508 e. The fourth-order valence-corrected chi connectivity index (χ4v) is 2.81. The SMILES string of the molecule is CCCOc1ccc(Cl)cc1/C=C1\C(=O)NC(=O)N(c2ccc(O)cc2)C1=O. The van der Waals surface area contributed by atoms with Crippen LogP contribution in [0.15, 0.2) is 48.0 Å². The maximum absolute atomic E-state index is 12.9. The second-order valence-electron chi connectivity index (χ2n) is 6.00. The average Bonchev–Trinajstić information content (AvgIpc) is 2.66. The summed E-state index contributed by atoms with van der Waals surface area (Å²) >= 11 is 6.05. The first-order valence-electron chi connectivity index (χ1n) is 8.53. The zero-order chi connectivity index (χ0) is 20.3. The van der Waals surface area contributed by atoms with Crippen molar-refractivity contribution in [3.63, 3.8) is 0 Å². The lowest BCUT2D eigenvalue weighted by atomic mass is 10.1. The lowest BCUT2D eigenvalue weighted by Gasteiger charge is -2.26. The van der Waals surface area contributed by atoms with Gasteiger partial charge in [-0.05, 0) is 55.0 Å². The van der Waals surface area contributed by atoms with E-state index in [1.54, 1.807) is 18.2 Å². The number of carbonyl (C=O) groups is 3. The van der Waals surface area contributed by atoms with Crippen LogP contribution in [0.2, 0.25) is 5.02 Å². The van der Waals surface area contributed by atoms with Gasteiger partial charge in [0.2, 0.25) is 0 Å². The minimum Gasteiger partial charge on any atom is -0.508 e. The predicted molar refractivity (Wildman–Crippen MR) is 104 cm³/mol. The molecule has 1 saturated heterocycles. The molecule has 0 aromatic heterocycles. The summed E-state index contributed by atoms with van der Waals surface area (Å²) in [6.45, 7) is 2.41. The van der Waals surface area contributed by atoms with Crippen molar-refractivity contribution in [1.82, 2.24) is 5.32 Å². The Kier molecular flexibility index (Phi) is 5.65. The monoisotopic (exact) mass is 400 g/mol. The zero-order valence-corrected chi connectivity index (χ0v) is 15.7. The number of barbiturate groups is 1. The van der Waals surface area contributed by atoms with E-state index in [-0.39, 0.29) is 17.0 Å². The number of hydrogen-bond donors (Lipinski definition) is 2. The molecule has 0 unspecified atom stereocenters. The van der Waals surface area contributed by atoms with Gasteiger partial charge in [-0.25, -0.2) is 9.69 Å². The third-order valence-corrected chi connectivity index (χ3v) is 4.18. The van der Waals surface area contributed by atoms with Crippen molar-refractivity contribution in [2.24, 2.45) is 0 Å². The predicted octanol–water partition coefficient (Wildman–Crippen LogP) is 3.50. The normalized spacial score (nSPS) is 15.7. The van der Waals surface area contributed by atoms with E-state index in [0.717, 1.165) is 11.3 Å². The summed E-state index contributed by atoms with van der Waals surface area (Å²) in [4.78, 5) is 38.2. The Bertz CT molecular complexity index is 969. The molecule has 1 aliphatic rings. The van der Waals surface area contributed by atoms with Crippen LogP contribution in [0.25, 0.3) is 6.08 Å². The lowest BCUT2D eigenvalue weighted by Crippen LogP contribution is -2.54. The van der Waals surface area contributed by atoms with Gasteiger partial charge in [0.25, 0.3) is 11.8 Å². The number of aromatic hydroxyl groups is 1. The number of hydrogen-bond acceptors (Lipinski definition) is 5. The minimum atomic E-state index is -0.869. The Labute approximate surface area is 166 Å². The Hall–Kier alpha value is -3.32. The average molecular weight is 401 g/mol. The molecule has 28 heavy (non-hydrogen) atoms. The fraction of sp³-hybridized carbons (Fsp3) is 0.150. The van der Waals surface area contributed by atoms with E-state index in [9.17, 15) is 19.5 Å². The van der Waals surface area contributed by atoms with Crippen LogP contribution in [-0.4, -0.2) is 29.6 Å². The Morgan fingerprint density at radius 3 is 2.54 bits per heavy atom. The zero-order valence-electron chi connectivity index (χ0n) is 14.9. The molecule has 4 amide bonds. The summed E-state index contributed by atoms with van der Waals surface area (Å²) in [7, 11) is 0. The van der Waals surface area contributed by atoms with E-state index < -0.39 is 17.8 Å². The molecule has 0 atom stereocenters. The number of urea groups is 1. The van der Waals surface area contributed by atoms with Gasteiger partial charge in [-0.1, -0.05) is 18.5 Å². The number of anilines is 1. The summed E-state index contributed by atoms with van der Waals surface area (Å²) in [5.74, 6) is -1.16. The quantitative estimate of drug-likeness (QED) is 0.591. The summed E-state index contributed by atoms with van der Waals surface area (Å²) < 4.78 is 5.64. The van der Waals surface area contributed by atoms with E-state index in [1.165, 1.54) is 30.3 Å². The highest BCUT2D eigenvalue weighted by Crippen LogP contribution is 2.28. The Balaban J connectivity index is 2.02. The van der Waals surface area contributed by atoms with Crippen molar-refractivity contribution in [3.8, 4) is 11.5 Å². The van der Waals surface area contributed by atoms with Gasteiger partial charge < -0.3 is 9.84 Å². The van der Waals surface area contributed by atoms with Crippen LogP contribution in [0.4, 0.5) is 10.5 Å². The van der Waals surface area contributed by atoms with E-state index in [0.29, 0.717) is 22.9 Å². The molecule has 2 aromatic rings. The first kappa shape index (κ1) is 19.4. The second kappa shape index (κ2) is 8.14. The highest BCUT2D eigenvalue weighted by atomic mass is 35.5. The molecule has 3 rings (SSSR count). The van der Waals surface area contributed by atoms with Gasteiger partial charge in [0.15, 0.2) is 0 Å². The van der Waals surface area contributed by atoms with Crippen LogP contribution >= 0.6 is 11.6 Å². The molecule has 0 bridgehead atoms. The Morgan fingerprint density at radius 1 is 1.14 bits per heavy atom. The molecule has 0 radical (unpaired) electrons. The number of rotatable bonds is 5. The van der Waals surface area contributed by atoms with Gasteiger partial charge in [-0.15, -0.1) is 0 Å². The molecule has 7 nitrogen and oxygen atoms in total. The van der Waals surface area contributed by atoms with Crippen LogP contribution < -0.4 is 15.0 Å². The molecule has 1 fully saturated rings. The van der Waals surface area contributed by atoms with Crippen LogP contribution in [0.3, 0.4) is 0 Å². The molecule has 1 aliphatic heterocycles. The van der Waals surface area contributed by atoms with Crippen molar-refractivity contribution < 1.29 is 24.2 Å². The Morgan fingerprint density at radius 2 is 1.86 bits per heavy atom. The van der Waals surface area contributed by atoms with E-state index in [1.807, 2.05) is 6.92 Å². The summed E-state index contributed by atoms with van der Waals surface area (Å²) in [5, 5.41) is 12.0. The van der Waals surface area contributed by atoms with Gasteiger partial charge >= 0.3 is 6.03 Å². The van der Waals surface area contributed by atoms with Crippen LogP contribution in [0, 0.1) is 0 Å². The maximum Gasteiger partial charge on any atom is 0.335 e. The second-order valence-corrected chi connectivity index (χ2v) is 6.44. The van der Waals surface area contributed by atoms with Gasteiger partial charge in [0, 0.05) is 10.6 Å². The van der Waals surface area contributed by atoms with Gasteiger partial charge in [0.05, 0.1) is 12.3 Å². The number of halogens is 1. The summed E-state index contributed by atoms with van der Waals surface area (Å²) in [6, 6.07) is 9.47. The molecular weight excluding hydrogens is 384 g/mol. The molecule has 0 saturated carbocycles. The highest BCUT2D eigenvalue weighted by molar-refractivity contribution is 6.39. The third kappa shape index (κ3) is 3.99. The van der Waals surface area contributed by atoms with Crippen molar-refractivity contribution in [2.45, 2.75) is 13.3 Å². The summed E-state index contributed by atoms with van der Waals surface area (Å²) in [5.41, 5.74) is 0.419. The first-order valence-corrected chi connectivity index (χ1v) is 8.91. The number of nitrogens with one attached hydrogen (secondary N) is 1. The third-order valence-electron chi connectivity index (χ3n) is 3.94. The van der Waals surface area contributed by atoms with Crippen LogP contribution in [0.1, 0.15) is 18.9 Å². The number of phenolic OH excluding ortho intramolecular Hbond substituents is 1. The van der Waals surface area contributed by atoms with Gasteiger partial charge in [-0.3, -0.25) is 14.9 Å².